The average Bonchev–Trinajstić information content (AvgIpc) is 2.17. The normalized spacial score (nSPS) is 26.5. The van der Waals surface area contributed by atoms with Gasteiger partial charge >= 0.3 is 0 Å². The fourth-order valence-corrected chi connectivity index (χ4v) is 2.78. The summed E-state index contributed by atoms with van der Waals surface area (Å²) in [5.41, 5.74) is 9.74. The van der Waals surface area contributed by atoms with Gasteiger partial charge in [-0.25, -0.2) is 0 Å². The van der Waals surface area contributed by atoms with Gasteiger partial charge in [-0.15, -0.1) is 0 Å². The van der Waals surface area contributed by atoms with Crippen molar-refractivity contribution < 1.29 is 0 Å². The SMILES string of the molecule is Cc1ccc([C@@H]2CCC[C@H](C)C2)c(N)c1. The first kappa shape index (κ1) is 10.5. The lowest BCUT2D eigenvalue weighted by molar-refractivity contribution is 0.344. The van der Waals surface area contributed by atoms with E-state index in [4.69, 9.17) is 5.73 Å². The third-order valence-corrected chi connectivity index (χ3v) is 3.62. The minimum atomic E-state index is 0.703. The lowest BCUT2D eigenvalue weighted by Gasteiger charge is -2.28. The molecule has 1 fully saturated rings. The molecule has 82 valence electrons. The summed E-state index contributed by atoms with van der Waals surface area (Å²) >= 11 is 0. The summed E-state index contributed by atoms with van der Waals surface area (Å²) in [5.74, 6) is 1.57. The molecule has 0 amide bonds. The van der Waals surface area contributed by atoms with Crippen LogP contribution in [0.25, 0.3) is 0 Å². The van der Waals surface area contributed by atoms with E-state index in [1.165, 1.54) is 36.8 Å². The van der Waals surface area contributed by atoms with Crippen molar-refractivity contribution in [2.75, 3.05) is 5.73 Å². The van der Waals surface area contributed by atoms with Crippen molar-refractivity contribution in [3.05, 3.63) is 29.3 Å². The predicted octanol–water partition coefficient (Wildman–Crippen LogP) is 3.87. The van der Waals surface area contributed by atoms with E-state index in [1.54, 1.807) is 0 Å². The number of hydrogen-bond donors (Lipinski definition) is 1. The number of rotatable bonds is 1. The minimum Gasteiger partial charge on any atom is -0.398 e. The number of benzene rings is 1. The molecular formula is C14H21N. The van der Waals surface area contributed by atoms with E-state index in [1.807, 2.05) is 0 Å². The number of aryl methyl sites for hydroxylation is 1. The van der Waals surface area contributed by atoms with Crippen LogP contribution in [-0.4, -0.2) is 0 Å². The fourth-order valence-electron chi connectivity index (χ4n) is 2.78. The maximum atomic E-state index is 6.10. The second kappa shape index (κ2) is 4.26. The van der Waals surface area contributed by atoms with Crippen molar-refractivity contribution in [2.45, 2.75) is 45.4 Å². The first-order valence-corrected chi connectivity index (χ1v) is 6.03. The molecular weight excluding hydrogens is 182 g/mol. The zero-order valence-electron chi connectivity index (χ0n) is 9.79. The summed E-state index contributed by atoms with van der Waals surface area (Å²) in [6.07, 6.45) is 5.38. The molecule has 0 aromatic heterocycles. The van der Waals surface area contributed by atoms with Crippen LogP contribution in [0.5, 0.6) is 0 Å². The summed E-state index contributed by atoms with van der Waals surface area (Å²) in [4.78, 5) is 0. The summed E-state index contributed by atoms with van der Waals surface area (Å²) in [6.45, 7) is 4.46. The van der Waals surface area contributed by atoms with Crippen LogP contribution in [0.3, 0.4) is 0 Å². The predicted molar refractivity (Wildman–Crippen MR) is 66.0 cm³/mol. The molecule has 0 spiro atoms. The van der Waals surface area contributed by atoms with Gasteiger partial charge in [0.25, 0.3) is 0 Å². The van der Waals surface area contributed by atoms with Crippen LogP contribution in [0.4, 0.5) is 5.69 Å². The standard InChI is InChI=1S/C14H21N/c1-10-4-3-5-12(8-10)13-7-6-11(2)9-14(13)15/h6-7,9-10,12H,3-5,8,15H2,1-2H3/t10-,12+/m0/s1. The Bertz CT molecular complexity index is 343. The van der Waals surface area contributed by atoms with Crippen LogP contribution in [-0.2, 0) is 0 Å². The zero-order valence-corrected chi connectivity index (χ0v) is 9.79. The van der Waals surface area contributed by atoms with Gasteiger partial charge in [-0.05, 0) is 48.8 Å². The van der Waals surface area contributed by atoms with Gasteiger partial charge in [0, 0.05) is 5.69 Å². The second-order valence-electron chi connectivity index (χ2n) is 5.10. The van der Waals surface area contributed by atoms with Gasteiger partial charge < -0.3 is 5.73 Å². The minimum absolute atomic E-state index is 0.703. The molecule has 1 aliphatic carbocycles. The zero-order chi connectivity index (χ0) is 10.8. The van der Waals surface area contributed by atoms with Gasteiger partial charge in [0.15, 0.2) is 0 Å². The Morgan fingerprint density at radius 3 is 2.73 bits per heavy atom. The Hall–Kier alpha value is -0.980. The molecule has 0 radical (unpaired) electrons. The number of nitrogens with two attached hydrogens (primary N) is 1. The van der Waals surface area contributed by atoms with Crippen molar-refractivity contribution in [1.82, 2.24) is 0 Å². The highest BCUT2D eigenvalue weighted by Crippen LogP contribution is 2.38. The number of anilines is 1. The highest BCUT2D eigenvalue weighted by molar-refractivity contribution is 5.50. The summed E-state index contributed by atoms with van der Waals surface area (Å²) in [5, 5.41) is 0. The molecule has 2 N–H and O–H groups in total. The largest absolute Gasteiger partial charge is 0.398 e. The van der Waals surface area contributed by atoms with Gasteiger partial charge in [-0.1, -0.05) is 31.9 Å². The van der Waals surface area contributed by atoms with E-state index in [0.29, 0.717) is 5.92 Å². The van der Waals surface area contributed by atoms with Crippen molar-refractivity contribution in [3.8, 4) is 0 Å². The van der Waals surface area contributed by atoms with Gasteiger partial charge in [0.05, 0.1) is 0 Å². The second-order valence-corrected chi connectivity index (χ2v) is 5.10. The Morgan fingerprint density at radius 2 is 2.07 bits per heavy atom. The van der Waals surface area contributed by atoms with E-state index < -0.39 is 0 Å². The molecule has 0 saturated heterocycles. The molecule has 2 rings (SSSR count). The molecule has 1 nitrogen and oxygen atoms in total. The molecule has 0 aliphatic heterocycles. The maximum absolute atomic E-state index is 6.10. The Balaban J connectivity index is 2.21. The quantitative estimate of drug-likeness (QED) is 0.689. The lowest BCUT2D eigenvalue weighted by Crippen LogP contribution is -2.13. The van der Waals surface area contributed by atoms with Gasteiger partial charge in [0.2, 0.25) is 0 Å². The molecule has 0 heterocycles. The van der Waals surface area contributed by atoms with Crippen LogP contribution < -0.4 is 5.73 Å². The van der Waals surface area contributed by atoms with Crippen LogP contribution in [0.15, 0.2) is 18.2 Å². The fraction of sp³-hybridized carbons (Fsp3) is 0.571. The topological polar surface area (TPSA) is 26.0 Å². The highest BCUT2D eigenvalue weighted by Gasteiger charge is 2.21. The Kier molecular flexibility index (Phi) is 2.99. The van der Waals surface area contributed by atoms with Crippen molar-refractivity contribution in [1.29, 1.82) is 0 Å². The molecule has 1 aliphatic rings. The molecule has 0 unspecified atom stereocenters. The number of nitrogen functional groups attached to an aromatic ring is 1. The van der Waals surface area contributed by atoms with Crippen molar-refractivity contribution in [3.63, 3.8) is 0 Å². The van der Waals surface area contributed by atoms with E-state index in [9.17, 15) is 0 Å². The Labute approximate surface area is 92.7 Å². The average molecular weight is 203 g/mol. The monoisotopic (exact) mass is 203 g/mol. The summed E-state index contributed by atoms with van der Waals surface area (Å²) < 4.78 is 0. The maximum Gasteiger partial charge on any atom is 0.0352 e. The smallest absolute Gasteiger partial charge is 0.0352 e. The van der Waals surface area contributed by atoms with Crippen LogP contribution in [0.1, 0.15) is 49.7 Å². The van der Waals surface area contributed by atoms with E-state index in [-0.39, 0.29) is 0 Å². The van der Waals surface area contributed by atoms with E-state index in [2.05, 4.69) is 32.0 Å². The highest BCUT2D eigenvalue weighted by atomic mass is 14.6. The third kappa shape index (κ3) is 2.34. The molecule has 0 bridgehead atoms. The molecule has 1 heteroatoms. The summed E-state index contributed by atoms with van der Waals surface area (Å²) in [6, 6.07) is 6.52. The van der Waals surface area contributed by atoms with Crippen molar-refractivity contribution >= 4 is 5.69 Å². The molecule has 1 aromatic rings. The molecule has 1 aromatic carbocycles. The molecule has 1 saturated carbocycles. The first-order valence-electron chi connectivity index (χ1n) is 6.03. The first-order chi connectivity index (χ1) is 7.16. The van der Waals surface area contributed by atoms with Crippen LogP contribution in [0.2, 0.25) is 0 Å². The third-order valence-electron chi connectivity index (χ3n) is 3.62. The van der Waals surface area contributed by atoms with Gasteiger partial charge in [-0.2, -0.15) is 0 Å². The van der Waals surface area contributed by atoms with E-state index >= 15 is 0 Å². The lowest BCUT2D eigenvalue weighted by atomic mass is 9.78. The Morgan fingerprint density at radius 1 is 1.27 bits per heavy atom. The van der Waals surface area contributed by atoms with Gasteiger partial charge in [0.1, 0.15) is 0 Å². The summed E-state index contributed by atoms with van der Waals surface area (Å²) in [7, 11) is 0. The number of hydrogen-bond acceptors (Lipinski definition) is 1. The van der Waals surface area contributed by atoms with E-state index in [0.717, 1.165) is 11.6 Å². The molecule has 2 atom stereocenters. The van der Waals surface area contributed by atoms with Gasteiger partial charge in [-0.3, -0.25) is 0 Å². The molecule has 15 heavy (non-hydrogen) atoms. The van der Waals surface area contributed by atoms with Crippen LogP contribution in [0, 0.1) is 12.8 Å². The van der Waals surface area contributed by atoms with Crippen LogP contribution >= 0.6 is 0 Å². The van der Waals surface area contributed by atoms with Crippen molar-refractivity contribution in [2.24, 2.45) is 5.92 Å².